The Hall–Kier alpha value is -1.93. The van der Waals surface area contributed by atoms with E-state index in [1.807, 2.05) is 0 Å². The van der Waals surface area contributed by atoms with E-state index in [0.717, 1.165) is 29.6 Å². The molecule has 2 aromatic rings. The number of benzene rings is 2. The summed E-state index contributed by atoms with van der Waals surface area (Å²) in [5, 5.41) is 0. The summed E-state index contributed by atoms with van der Waals surface area (Å²) in [7, 11) is -2.98. The van der Waals surface area contributed by atoms with Crippen LogP contribution in [0.5, 0.6) is 0 Å². The maximum Gasteiger partial charge on any atom is 0.243 e. The predicted octanol–water partition coefficient (Wildman–Crippen LogP) is 3.06. The number of sulfonamides is 1. The summed E-state index contributed by atoms with van der Waals surface area (Å²) in [6, 6.07) is 4.88. The molecule has 8 heteroatoms. The Morgan fingerprint density at radius 1 is 0.909 bits per heavy atom. The lowest BCUT2D eigenvalue weighted by Crippen LogP contribution is -2.27. The van der Waals surface area contributed by atoms with Crippen LogP contribution >= 0.6 is 0 Å². The number of nitrogens with zero attached hydrogens (tertiary/aromatic N) is 1. The van der Waals surface area contributed by atoms with E-state index in [4.69, 9.17) is 0 Å². The maximum absolute atomic E-state index is 13.5. The van der Waals surface area contributed by atoms with Crippen molar-refractivity contribution >= 4 is 10.0 Å². The molecule has 118 valence electrons. The highest BCUT2D eigenvalue weighted by Crippen LogP contribution is 2.20. The van der Waals surface area contributed by atoms with Gasteiger partial charge in [-0.1, -0.05) is 6.07 Å². The minimum absolute atomic E-state index is 0.0462. The van der Waals surface area contributed by atoms with Crippen molar-refractivity contribution in [1.82, 2.24) is 4.31 Å². The Morgan fingerprint density at radius 3 is 2.18 bits per heavy atom. The average molecular weight is 333 g/mol. The second-order valence-electron chi connectivity index (χ2n) is 4.57. The van der Waals surface area contributed by atoms with Gasteiger partial charge in [-0.2, -0.15) is 4.31 Å². The average Bonchev–Trinajstić information content (AvgIpc) is 2.44. The van der Waals surface area contributed by atoms with Gasteiger partial charge >= 0.3 is 0 Å². The number of hydrogen-bond acceptors (Lipinski definition) is 2. The molecule has 0 unspecified atom stereocenters. The summed E-state index contributed by atoms with van der Waals surface area (Å²) in [4.78, 5) is -0.462. The smallest absolute Gasteiger partial charge is 0.207 e. The molecule has 0 N–H and O–H groups in total. The zero-order valence-electron chi connectivity index (χ0n) is 11.4. The number of rotatable bonds is 4. The molecule has 0 amide bonds. The fourth-order valence-corrected chi connectivity index (χ4v) is 2.95. The Bertz CT molecular complexity index is 808. The van der Waals surface area contributed by atoms with Crippen LogP contribution in [0.3, 0.4) is 0 Å². The topological polar surface area (TPSA) is 37.4 Å². The molecule has 0 bridgehead atoms. The van der Waals surface area contributed by atoms with E-state index in [0.29, 0.717) is 18.2 Å². The lowest BCUT2D eigenvalue weighted by atomic mass is 10.2. The van der Waals surface area contributed by atoms with Crippen molar-refractivity contribution in [2.45, 2.75) is 11.4 Å². The molecule has 0 fully saturated rings. The first-order valence-electron chi connectivity index (χ1n) is 6.07. The van der Waals surface area contributed by atoms with Gasteiger partial charge in [0.25, 0.3) is 0 Å². The third-order valence-corrected chi connectivity index (χ3v) is 4.81. The Balaban J connectivity index is 2.30. The van der Waals surface area contributed by atoms with Crippen LogP contribution in [0.1, 0.15) is 5.56 Å². The highest BCUT2D eigenvalue weighted by atomic mass is 32.2. The van der Waals surface area contributed by atoms with Crippen LogP contribution in [0.25, 0.3) is 0 Å². The summed E-state index contributed by atoms with van der Waals surface area (Å²) in [5.41, 5.74) is -0.0462. The van der Waals surface area contributed by atoms with E-state index < -0.39 is 38.2 Å². The molecule has 2 rings (SSSR count). The van der Waals surface area contributed by atoms with Gasteiger partial charge in [0.15, 0.2) is 11.6 Å². The second kappa shape index (κ2) is 6.05. The fraction of sp³-hybridized carbons (Fsp3) is 0.143. The van der Waals surface area contributed by atoms with Crippen molar-refractivity contribution in [1.29, 1.82) is 0 Å². The first-order chi connectivity index (χ1) is 10.2. The van der Waals surface area contributed by atoms with Crippen LogP contribution in [-0.2, 0) is 16.6 Å². The summed E-state index contributed by atoms with van der Waals surface area (Å²) >= 11 is 0. The normalized spacial score (nSPS) is 11.9. The SMILES string of the molecule is CN(Cc1ccc(F)cc1F)S(=O)(=O)c1ccc(F)c(F)c1. The molecular formula is C14H11F4NO2S. The molecule has 0 aliphatic heterocycles. The van der Waals surface area contributed by atoms with Crippen molar-refractivity contribution in [3.05, 3.63) is 65.2 Å². The van der Waals surface area contributed by atoms with Gasteiger partial charge < -0.3 is 0 Å². The standard InChI is InChI=1S/C14H11F4NO2S/c1-19(8-9-2-3-10(15)6-13(9)17)22(20,21)11-4-5-12(16)14(18)7-11/h2-7H,8H2,1H3. The lowest BCUT2D eigenvalue weighted by Gasteiger charge is -2.17. The van der Waals surface area contributed by atoms with E-state index in [-0.39, 0.29) is 12.1 Å². The predicted molar refractivity (Wildman–Crippen MR) is 71.4 cm³/mol. The van der Waals surface area contributed by atoms with Gasteiger partial charge in [0, 0.05) is 25.2 Å². The molecule has 0 spiro atoms. The molecule has 0 radical (unpaired) electrons. The highest BCUT2D eigenvalue weighted by Gasteiger charge is 2.23. The number of hydrogen-bond donors (Lipinski definition) is 0. The maximum atomic E-state index is 13.5. The van der Waals surface area contributed by atoms with E-state index in [1.165, 1.54) is 0 Å². The zero-order valence-corrected chi connectivity index (χ0v) is 12.2. The summed E-state index contributed by atoms with van der Waals surface area (Å²) < 4.78 is 77.6. The van der Waals surface area contributed by atoms with Crippen molar-refractivity contribution in [2.24, 2.45) is 0 Å². The Labute approximate surface area is 124 Å². The first-order valence-corrected chi connectivity index (χ1v) is 7.51. The van der Waals surface area contributed by atoms with E-state index in [2.05, 4.69) is 0 Å². The van der Waals surface area contributed by atoms with E-state index in [1.54, 1.807) is 0 Å². The van der Waals surface area contributed by atoms with Gasteiger partial charge in [0.05, 0.1) is 4.90 Å². The zero-order chi connectivity index (χ0) is 16.5. The molecule has 0 aliphatic carbocycles. The van der Waals surface area contributed by atoms with Gasteiger partial charge in [-0.25, -0.2) is 26.0 Å². The molecule has 3 nitrogen and oxygen atoms in total. The minimum Gasteiger partial charge on any atom is -0.207 e. The van der Waals surface area contributed by atoms with Crippen LogP contribution < -0.4 is 0 Å². The fourth-order valence-electron chi connectivity index (χ4n) is 1.79. The quantitative estimate of drug-likeness (QED) is 0.807. The third kappa shape index (κ3) is 3.28. The van der Waals surface area contributed by atoms with Gasteiger partial charge in [-0.15, -0.1) is 0 Å². The summed E-state index contributed by atoms with van der Waals surface area (Å²) in [5.74, 6) is -4.16. The molecule has 0 saturated carbocycles. The van der Waals surface area contributed by atoms with Crippen molar-refractivity contribution in [3.8, 4) is 0 Å². The van der Waals surface area contributed by atoms with Gasteiger partial charge in [-0.3, -0.25) is 0 Å². The largest absolute Gasteiger partial charge is 0.243 e. The molecule has 22 heavy (non-hydrogen) atoms. The summed E-state index contributed by atoms with van der Waals surface area (Å²) in [6.07, 6.45) is 0. The molecule has 0 aliphatic rings. The summed E-state index contributed by atoms with van der Waals surface area (Å²) in [6.45, 7) is -0.382. The lowest BCUT2D eigenvalue weighted by molar-refractivity contribution is 0.452. The van der Waals surface area contributed by atoms with Gasteiger partial charge in [0.1, 0.15) is 11.6 Å². The molecule has 0 heterocycles. The van der Waals surface area contributed by atoms with Crippen LogP contribution in [0.4, 0.5) is 17.6 Å². The monoisotopic (exact) mass is 333 g/mol. The Morgan fingerprint density at radius 2 is 1.59 bits per heavy atom. The van der Waals surface area contributed by atoms with Crippen molar-refractivity contribution in [3.63, 3.8) is 0 Å². The van der Waals surface area contributed by atoms with E-state index in [9.17, 15) is 26.0 Å². The molecule has 0 atom stereocenters. The molecule has 0 aromatic heterocycles. The van der Waals surface area contributed by atoms with Crippen molar-refractivity contribution < 1.29 is 26.0 Å². The first kappa shape index (κ1) is 16.4. The number of halogens is 4. The van der Waals surface area contributed by atoms with Crippen LogP contribution in [0.15, 0.2) is 41.3 Å². The van der Waals surface area contributed by atoms with E-state index >= 15 is 0 Å². The third-order valence-electron chi connectivity index (χ3n) is 3.01. The van der Waals surface area contributed by atoms with Crippen LogP contribution in [0.2, 0.25) is 0 Å². The molecular weight excluding hydrogens is 322 g/mol. The molecule has 2 aromatic carbocycles. The highest BCUT2D eigenvalue weighted by molar-refractivity contribution is 7.89. The minimum atomic E-state index is -4.14. The van der Waals surface area contributed by atoms with Gasteiger partial charge in [-0.05, 0) is 24.3 Å². The molecule has 0 saturated heterocycles. The second-order valence-corrected chi connectivity index (χ2v) is 6.62. The van der Waals surface area contributed by atoms with Crippen LogP contribution in [-0.4, -0.2) is 19.8 Å². The van der Waals surface area contributed by atoms with Gasteiger partial charge in [0.2, 0.25) is 10.0 Å². The van der Waals surface area contributed by atoms with Crippen molar-refractivity contribution in [2.75, 3.05) is 7.05 Å². The Kier molecular flexibility index (Phi) is 4.52. The van der Waals surface area contributed by atoms with Crippen LogP contribution in [0, 0.1) is 23.3 Å².